The number of carbonyl (C=O) groups is 1. The highest BCUT2D eigenvalue weighted by Crippen LogP contribution is 2.30. The maximum Gasteiger partial charge on any atom is 0.410 e. The molecular weight excluding hydrogens is 697 g/mol. The number of benzene rings is 2. The van der Waals surface area contributed by atoms with Crippen LogP contribution in [-0.2, 0) is 24.2 Å². The average Bonchev–Trinajstić information content (AvgIpc) is 3.61. The predicted octanol–water partition coefficient (Wildman–Crippen LogP) is 6.92. The van der Waals surface area contributed by atoms with Gasteiger partial charge in [0.1, 0.15) is 29.0 Å². The predicted molar refractivity (Wildman–Crippen MR) is 213 cm³/mol. The van der Waals surface area contributed by atoms with E-state index in [0.29, 0.717) is 74.2 Å². The summed E-state index contributed by atoms with van der Waals surface area (Å²) in [5.41, 5.74) is 4.27. The van der Waals surface area contributed by atoms with Gasteiger partial charge >= 0.3 is 6.09 Å². The lowest BCUT2D eigenvalue weighted by Gasteiger charge is -2.36. The number of aromatic nitrogens is 5. The zero-order chi connectivity index (χ0) is 39.1. The topological polar surface area (TPSA) is 131 Å². The number of hydrogen-bond donors (Lipinski definition) is 1. The minimum absolute atomic E-state index is 0.298. The van der Waals surface area contributed by atoms with Crippen molar-refractivity contribution in [3.05, 3.63) is 101 Å². The lowest BCUT2D eigenvalue weighted by Crippen LogP contribution is -2.50. The molecule has 13 heteroatoms. The lowest BCUT2D eigenvalue weighted by atomic mass is 10.1. The number of amides is 1. The number of pyridine rings is 1. The van der Waals surface area contributed by atoms with Gasteiger partial charge in [0, 0.05) is 57.4 Å². The van der Waals surface area contributed by atoms with Crippen LogP contribution in [0.3, 0.4) is 0 Å². The first-order valence-electron chi connectivity index (χ1n) is 19.1. The first-order chi connectivity index (χ1) is 26.5. The number of carbonyl (C=O) groups excluding carboxylic acids is 1. The second-order valence-corrected chi connectivity index (χ2v) is 15.0. The van der Waals surface area contributed by atoms with Crippen LogP contribution in [0.25, 0.3) is 5.65 Å². The Labute approximate surface area is 323 Å². The summed E-state index contributed by atoms with van der Waals surface area (Å²) in [7, 11) is 3.33. The van der Waals surface area contributed by atoms with Gasteiger partial charge in [-0.1, -0.05) is 44.0 Å². The normalized spacial score (nSPS) is 13.9. The van der Waals surface area contributed by atoms with Crippen LogP contribution in [0.2, 0.25) is 0 Å². The van der Waals surface area contributed by atoms with Crippen molar-refractivity contribution in [2.24, 2.45) is 0 Å². The summed E-state index contributed by atoms with van der Waals surface area (Å²) in [5.74, 6) is 3.78. The fourth-order valence-corrected chi connectivity index (χ4v) is 6.74. The van der Waals surface area contributed by atoms with Crippen LogP contribution in [0.5, 0.6) is 11.5 Å². The van der Waals surface area contributed by atoms with E-state index in [1.54, 1.807) is 36.0 Å². The molecule has 1 N–H and O–H groups in total. The Bertz CT molecular complexity index is 1990. The molecule has 0 aliphatic carbocycles. The molecule has 3 aromatic heterocycles. The van der Waals surface area contributed by atoms with Crippen molar-refractivity contribution in [3.63, 3.8) is 0 Å². The number of ether oxygens (including phenoxy) is 3. The number of rotatable bonds is 14. The van der Waals surface area contributed by atoms with Gasteiger partial charge in [0.2, 0.25) is 0 Å². The van der Waals surface area contributed by atoms with Gasteiger partial charge in [-0.15, -0.1) is 0 Å². The molecule has 0 spiro atoms. The Kier molecular flexibility index (Phi) is 12.4. The highest BCUT2D eigenvalue weighted by Gasteiger charge is 2.28. The van der Waals surface area contributed by atoms with Crippen molar-refractivity contribution in [3.8, 4) is 11.5 Å². The van der Waals surface area contributed by atoms with Crippen LogP contribution in [0.4, 0.5) is 16.4 Å². The summed E-state index contributed by atoms with van der Waals surface area (Å²) >= 11 is 0. The minimum atomic E-state index is -1.04. The van der Waals surface area contributed by atoms with E-state index in [4.69, 9.17) is 34.3 Å². The fraction of sp³-hybridized carbons (Fsp3) is 0.452. The Morgan fingerprint density at radius 3 is 2.05 bits per heavy atom. The molecule has 1 saturated heterocycles. The van der Waals surface area contributed by atoms with E-state index in [2.05, 4.69) is 41.0 Å². The summed E-state index contributed by atoms with van der Waals surface area (Å²) in [6.07, 6.45) is 5.85. The summed E-state index contributed by atoms with van der Waals surface area (Å²) in [6.45, 7) is 13.2. The Morgan fingerprint density at radius 1 is 0.891 bits per heavy atom. The Balaban J connectivity index is 1.31. The number of aliphatic hydroxyl groups is 1. The van der Waals surface area contributed by atoms with Crippen LogP contribution in [0.1, 0.15) is 86.8 Å². The van der Waals surface area contributed by atoms with E-state index in [1.807, 2.05) is 58.0 Å². The van der Waals surface area contributed by atoms with Gasteiger partial charge in [-0.3, -0.25) is 0 Å². The molecule has 0 bridgehead atoms. The monoisotopic (exact) mass is 750 g/mol. The molecular formula is C42H54N8O5. The zero-order valence-electron chi connectivity index (χ0n) is 33.2. The molecule has 1 aliphatic rings. The zero-order valence-corrected chi connectivity index (χ0v) is 33.2. The van der Waals surface area contributed by atoms with Crippen molar-refractivity contribution in [1.82, 2.24) is 29.5 Å². The molecule has 13 nitrogen and oxygen atoms in total. The van der Waals surface area contributed by atoms with Gasteiger partial charge in [-0.25, -0.2) is 24.3 Å². The molecule has 1 unspecified atom stereocenters. The fourth-order valence-electron chi connectivity index (χ4n) is 6.74. The third-order valence-electron chi connectivity index (χ3n) is 9.68. The number of anilines is 2. The minimum Gasteiger partial charge on any atom is -0.497 e. The third-order valence-corrected chi connectivity index (χ3v) is 9.68. The van der Waals surface area contributed by atoms with Gasteiger partial charge in [0.15, 0.2) is 17.3 Å². The van der Waals surface area contributed by atoms with Gasteiger partial charge in [0.25, 0.3) is 0 Å². The van der Waals surface area contributed by atoms with Gasteiger partial charge in [-0.05, 0) is 81.1 Å². The molecule has 4 heterocycles. The number of methoxy groups -OCH3 is 2. The van der Waals surface area contributed by atoms with E-state index in [0.717, 1.165) is 53.3 Å². The molecule has 1 atom stereocenters. The SMILES string of the molecule is CCCCCc1nc(N(Cc2ccc(OC)cc2)Cc2ccc(OC)cc2)c2ncc(C(O)c3cnc(N4CCN(C(=O)OC(C)(C)C)CC4)c(C)c3)n2n1. The number of aryl methyl sites for hydroxylation is 2. The summed E-state index contributed by atoms with van der Waals surface area (Å²) in [5, 5.41) is 16.9. The first kappa shape index (κ1) is 39.3. The second kappa shape index (κ2) is 17.4. The van der Waals surface area contributed by atoms with Gasteiger partial charge < -0.3 is 34.0 Å². The quantitative estimate of drug-likeness (QED) is 0.119. The average molecular weight is 751 g/mol. The largest absolute Gasteiger partial charge is 0.497 e. The molecule has 1 aliphatic heterocycles. The summed E-state index contributed by atoms with van der Waals surface area (Å²) < 4.78 is 18.2. The van der Waals surface area contributed by atoms with Crippen molar-refractivity contribution >= 4 is 23.4 Å². The van der Waals surface area contributed by atoms with E-state index in [-0.39, 0.29) is 6.09 Å². The third kappa shape index (κ3) is 9.63. The number of piperazine rings is 1. The second-order valence-electron chi connectivity index (χ2n) is 15.0. The number of aliphatic hydroxyl groups excluding tert-OH is 1. The Hall–Kier alpha value is -5.43. The highest BCUT2D eigenvalue weighted by atomic mass is 16.6. The van der Waals surface area contributed by atoms with Crippen LogP contribution >= 0.6 is 0 Å². The molecule has 2 aromatic carbocycles. The molecule has 55 heavy (non-hydrogen) atoms. The number of imidazole rings is 1. The molecule has 1 fully saturated rings. The molecule has 1 amide bonds. The van der Waals surface area contributed by atoms with E-state index < -0.39 is 11.7 Å². The van der Waals surface area contributed by atoms with Crippen molar-refractivity contribution < 1.29 is 24.1 Å². The standard InChI is InChI=1S/C42H54N8O5/c1-8-9-10-11-36-45-40(49(27-30-12-16-33(53-6)17-13-30)28-31-14-18-34(54-7)19-15-31)39-44-26-35(50(39)46-36)37(51)32-24-29(2)38(43-25-32)47-20-22-48(23-21-47)41(52)55-42(3,4)5/h12-19,24-26,37,51H,8-11,20-23,27-28H2,1-7H3. The molecule has 0 saturated carbocycles. The van der Waals surface area contributed by atoms with Crippen molar-refractivity contribution in [2.75, 3.05) is 50.2 Å². The van der Waals surface area contributed by atoms with E-state index >= 15 is 0 Å². The number of nitrogens with zero attached hydrogens (tertiary/aromatic N) is 8. The number of fused-ring (bicyclic) bond motifs is 1. The Morgan fingerprint density at radius 2 is 1.51 bits per heavy atom. The van der Waals surface area contributed by atoms with E-state index in [9.17, 15) is 9.90 Å². The number of hydrogen-bond acceptors (Lipinski definition) is 11. The molecule has 292 valence electrons. The summed E-state index contributed by atoms with van der Waals surface area (Å²) in [6, 6.07) is 18.0. The summed E-state index contributed by atoms with van der Waals surface area (Å²) in [4.78, 5) is 33.5. The van der Waals surface area contributed by atoms with Crippen molar-refractivity contribution in [2.45, 2.75) is 85.1 Å². The maximum absolute atomic E-state index is 12.6. The molecule has 5 aromatic rings. The van der Waals surface area contributed by atoms with E-state index in [1.165, 1.54) is 0 Å². The lowest BCUT2D eigenvalue weighted by molar-refractivity contribution is 0.0240. The van der Waals surface area contributed by atoms with Crippen molar-refractivity contribution in [1.29, 1.82) is 0 Å². The van der Waals surface area contributed by atoms with Crippen LogP contribution in [0, 0.1) is 6.92 Å². The first-order valence-corrected chi connectivity index (χ1v) is 19.1. The molecule has 0 radical (unpaired) electrons. The van der Waals surface area contributed by atoms with Crippen LogP contribution in [-0.4, -0.2) is 86.7 Å². The van der Waals surface area contributed by atoms with Crippen LogP contribution < -0.4 is 19.3 Å². The smallest absolute Gasteiger partial charge is 0.410 e. The maximum atomic E-state index is 12.6. The highest BCUT2D eigenvalue weighted by molar-refractivity contribution is 5.69. The van der Waals surface area contributed by atoms with Crippen LogP contribution in [0.15, 0.2) is 67.0 Å². The van der Waals surface area contributed by atoms with Gasteiger partial charge in [0.05, 0.1) is 26.1 Å². The molecule has 6 rings (SSSR count). The number of unbranched alkanes of at least 4 members (excludes halogenated alkanes) is 2. The van der Waals surface area contributed by atoms with Gasteiger partial charge in [-0.2, -0.15) is 5.10 Å².